The molecule has 0 aliphatic carbocycles. The maximum absolute atomic E-state index is 11.6. The number of aromatic hydroxyl groups is 1. The van der Waals surface area contributed by atoms with Crippen molar-refractivity contribution in [3.63, 3.8) is 0 Å². The van der Waals surface area contributed by atoms with Gasteiger partial charge in [-0.1, -0.05) is 19.1 Å². The van der Waals surface area contributed by atoms with Crippen LogP contribution in [-0.4, -0.2) is 31.2 Å². The van der Waals surface area contributed by atoms with Crippen LogP contribution in [0.5, 0.6) is 5.75 Å². The summed E-state index contributed by atoms with van der Waals surface area (Å²) < 4.78 is 24.8. The molecule has 0 aliphatic heterocycles. The fraction of sp³-hybridized carbons (Fsp3) is 0.417. The molecule has 1 amide bonds. The lowest BCUT2D eigenvalue weighted by Gasteiger charge is -2.12. The molecule has 0 bridgehead atoms. The lowest BCUT2D eigenvalue weighted by atomic mass is 10.1. The van der Waals surface area contributed by atoms with Gasteiger partial charge in [-0.2, -0.15) is 0 Å². The molecule has 0 heterocycles. The first-order valence-electron chi connectivity index (χ1n) is 5.92. The Labute approximate surface area is 112 Å². The third-order valence-electron chi connectivity index (χ3n) is 2.46. The number of sulfonamides is 1. The van der Waals surface area contributed by atoms with Gasteiger partial charge in [-0.15, -0.1) is 0 Å². The number of amides is 1. The van der Waals surface area contributed by atoms with Gasteiger partial charge in [-0.25, -0.2) is 8.42 Å². The van der Waals surface area contributed by atoms with E-state index in [1.165, 1.54) is 12.1 Å². The van der Waals surface area contributed by atoms with Gasteiger partial charge in [0.25, 0.3) is 5.91 Å². The Balaban J connectivity index is 2.60. The topological polar surface area (TPSA) is 109 Å². The van der Waals surface area contributed by atoms with Crippen LogP contribution in [0.15, 0.2) is 24.3 Å². The normalized spacial score (nSPS) is 12.9. The summed E-state index contributed by atoms with van der Waals surface area (Å²) in [5.41, 5.74) is 6.40. The number of benzene rings is 1. The van der Waals surface area contributed by atoms with E-state index in [0.717, 1.165) is 5.56 Å². The molecule has 0 saturated carbocycles. The first-order chi connectivity index (χ1) is 8.84. The van der Waals surface area contributed by atoms with Crippen molar-refractivity contribution in [3.8, 4) is 5.75 Å². The van der Waals surface area contributed by atoms with Crippen LogP contribution in [0.25, 0.3) is 0 Å². The highest BCUT2D eigenvalue weighted by Gasteiger charge is 2.19. The average Bonchev–Trinajstić information content (AvgIpc) is 2.31. The molecule has 0 spiro atoms. The smallest absolute Gasteiger partial charge is 0.250 e. The van der Waals surface area contributed by atoms with Crippen LogP contribution in [-0.2, 0) is 21.2 Å². The summed E-state index contributed by atoms with van der Waals surface area (Å²) in [4.78, 5) is 11.6. The van der Waals surface area contributed by atoms with Gasteiger partial charge in [0, 0.05) is 0 Å². The molecule has 1 atom stereocenters. The number of phenols is 1. The Hall–Kier alpha value is -1.60. The molecule has 0 unspecified atom stereocenters. The van der Waals surface area contributed by atoms with E-state index in [1.54, 1.807) is 19.1 Å². The molecule has 0 fully saturated rings. The van der Waals surface area contributed by atoms with Gasteiger partial charge in [-0.3, -0.25) is 9.52 Å². The van der Waals surface area contributed by atoms with Crippen molar-refractivity contribution in [1.82, 2.24) is 4.72 Å². The number of nitrogens with two attached hydrogens (primary N) is 1. The molecule has 0 aromatic heterocycles. The van der Waals surface area contributed by atoms with Crippen LogP contribution in [0.2, 0.25) is 0 Å². The summed E-state index contributed by atoms with van der Waals surface area (Å²) >= 11 is 0. The largest absolute Gasteiger partial charge is 0.508 e. The third kappa shape index (κ3) is 5.27. The Kier molecular flexibility index (Phi) is 5.31. The highest BCUT2D eigenvalue weighted by molar-refractivity contribution is 7.90. The Morgan fingerprint density at radius 2 is 1.95 bits per heavy atom. The van der Waals surface area contributed by atoms with Gasteiger partial charge >= 0.3 is 0 Å². The van der Waals surface area contributed by atoms with E-state index >= 15 is 0 Å². The number of rotatable bonds is 6. The number of carbonyl (C=O) groups is 1. The summed E-state index contributed by atoms with van der Waals surface area (Å²) in [5, 5.41) is 9.12. The first kappa shape index (κ1) is 15.5. The van der Waals surface area contributed by atoms with Crippen molar-refractivity contribution in [2.75, 3.05) is 5.75 Å². The van der Waals surface area contributed by atoms with Crippen LogP contribution in [0.4, 0.5) is 0 Å². The summed E-state index contributed by atoms with van der Waals surface area (Å²) in [7, 11) is -3.59. The zero-order chi connectivity index (χ0) is 14.5. The molecular formula is C12H18N2O4S. The van der Waals surface area contributed by atoms with Gasteiger partial charge in [0.15, 0.2) is 0 Å². The van der Waals surface area contributed by atoms with E-state index in [-0.39, 0.29) is 17.9 Å². The SMILES string of the molecule is CCCS(=O)(=O)NC(=O)[C@H](N)Cc1ccc(O)cc1. The monoisotopic (exact) mass is 286 g/mol. The number of hydrogen-bond donors (Lipinski definition) is 3. The summed E-state index contributed by atoms with van der Waals surface area (Å²) in [6.07, 6.45) is 0.629. The molecule has 0 aliphatic rings. The third-order valence-corrected chi connectivity index (χ3v) is 3.92. The zero-order valence-electron chi connectivity index (χ0n) is 10.7. The van der Waals surface area contributed by atoms with Crippen molar-refractivity contribution in [3.05, 3.63) is 29.8 Å². The zero-order valence-corrected chi connectivity index (χ0v) is 11.5. The van der Waals surface area contributed by atoms with Crippen molar-refractivity contribution in [1.29, 1.82) is 0 Å². The lowest BCUT2D eigenvalue weighted by molar-refractivity contribution is -0.120. The summed E-state index contributed by atoms with van der Waals surface area (Å²) in [5.74, 6) is -0.709. The minimum Gasteiger partial charge on any atom is -0.508 e. The highest BCUT2D eigenvalue weighted by Crippen LogP contribution is 2.10. The Morgan fingerprint density at radius 3 is 2.47 bits per heavy atom. The molecule has 1 aromatic carbocycles. The minimum atomic E-state index is -3.59. The predicted octanol–water partition coefficient (Wildman–Crippen LogP) is 0.118. The molecule has 1 aromatic rings. The predicted molar refractivity (Wildman–Crippen MR) is 72.0 cm³/mol. The minimum absolute atomic E-state index is 0.106. The van der Waals surface area contributed by atoms with Gasteiger partial charge < -0.3 is 10.8 Å². The van der Waals surface area contributed by atoms with Gasteiger partial charge in [0.2, 0.25) is 10.0 Å². The van der Waals surface area contributed by atoms with E-state index in [9.17, 15) is 13.2 Å². The maximum atomic E-state index is 11.6. The number of hydrogen-bond acceptors (Lipinski definition) is 5. The molecule has 0 radical (unpaired) electrons. The van der Waals surface area contributed by atoms with Gasteiger partial charge in [0.05, 0.1) is 11.8 Å². The second-order valence-electron chi connectivity index (χ2n) is 4.26. The lowest BCUT2D eigenvalue weighted by Crippen LogP contribution is -2.45. The van der Waals surface area contributed by atoms with Gasteiger partial charge in [-0.05, 0) is 30.5 Å². The van der Waals surface area contributed by atoms with E-state index in [1.807, 2.05) is 4.72 Å². The molecule has 0 saturated heterocycles. The van der Waals surface area contributed by atoms with Crippen LogP contribution >= 0.6 is 0 Å². The number of carbonyl (C=O) groups excluding carboxylic acids is 1. The molecule has 1 rings (SSSR count). The van der Waals surface area contributed by atoms with E-state index < -0.39 is 22.0 Å². The van der Waals surface area contributed by atoms with Crippen molar-refractivity contribution in [2.24, 2.45) is 5.73 Å². The number of nitrogens with one attached hydrogen (secondary N) is 1. The molecular weight excluding hydrogens is 268 g/mol. The number of phenolic OH excluding ortho intramolecular Hbond substituents is 1. The summed E-state index contributed by atoms with van der Waals surface area (Å²) in [6.45, 7) is 1.71. The fourth-order valence-corrected chi connectivity index (χ4v) is 2.62. The van der Waals surface area contributed by atoms with Crippen molar-refractivity contribution < 1.29 is 18.3 Å². The van der Waals surface area contributed by atoms with Crippen LogP contribution in [0.3, 0.4) is 0 Å². The molecule has 7 heteroatoms. The van der Waals surface area contributed by atoms with Crippen molar-refractivity contribution in [2.45, 2.75) is 25.8 Å². The molecule has 106 valence electrons. The standard InChI is InChI=1S/C12H18N2O4S/c1-2-7-19(17,18)14-12(16)11(13)8-9-3-5-10(15)6-4-9/h3-6,11,15H,2,7-8,13H2,1H3,(H,14,16)/t11-/m1/s1. The van der Waals surface area contributed by atoms with Crippen LogP contribution in [0, 0.1) is 0 Å². The van der Waals surface area contributed by atoms with Crippen LogP contribution in [0.1, 0.15) is 18.9 Å². The van der Waals surface area contributed by atoms with Crippen molar-refractivity contribution >= 4 is 15.9 Å². The molecule has 4 N–H and O–H groups in total. The van der Waals surface area contributed by atoms with E-state index in [4.69, 9.17) is 10.8 Å². The highest BCUT2D eigenvalue weighted by atomic mass is 32.2. The van der Waals surface area contributed by atoms with E-state index in [2.05, 4.69) is 0 Å². The quantitative estimate of drug-likeness (QED) is 0.688. The second-order valence-corrected chi connectivity index (χ2v) is 6.10. The summed E-state index contributed by atoms with van der Waals surface area (Å²) in [6, 6.07) is 5.27. The van der Waals surface area contributed by atoms with Crippen LogP contribution < -0.4 is 10.5 Å². The molecule has 6 nitrogen and oxygen atoms in total. The Morgan fingerprint density at radius 1 is 1.37 bits per heavy atom. The first-order valence-corrected chi connectivity index (χ1v) is 7.57. The Bertz CT molecular complexity index is 525. The van der Waals surface area contributed by atoms with Gasteiger partial charge in [0.1, 0.15) is 5.75 Å². The average molecular weight is 286 g/mol. The maximum Gasteiger partial charge on any atom is 0.250 e. The fourth-order valence-electron chi connectivity index (χ4n) is 1.53. The molecule has 19 heavy (non-hydrogen) atoms. The van der Waals surface area contributed by atoms with E-state index in [0.29, 0.717) is 6.42 Å². The second kappa shape index (κ2) is 6.53.